The number of rotatable bonds is 7. The zero-order chi connectivity index (χ0) is 13.7. The minimum Gasteiger partial charge on any atom is -0.314 e. The van der Waals surface area contributed by atoms with E-state index in [4.69, 9.17) is 0 Å². The fraction of sp³-hybridized carbons (Fsp3) is 0.857. The van der Waals surface area contributed by atoms with Crippen LogP contribution in [0.5, 0.6) is 0 Å². The molecule has 0 radical (unpaired) electrons. The first-order valence-electron chi connectivity index (χ1n) is 7.03. The molecular weight excluding hydrogens is 224 g/mol. The Morgan fingerprint density at radius 3 is 2.33 bits per heavy atom. The van der Waals surface area contributed by atoms with Crippen LogP contribution in [-0.2, 0) is 6.42 Å². The Hall–Kier alpha value is -0.900. The van der Waals surface area contributed by atoms with Crippen molar-refractivity contribution in [1.29, 1.82) is 0 Å². The summed E-state index contributed by atoms with van der Waals surface area (Å²) in [4.78, 5) is 4.39. The van der Waals surface area contributed by atoms with E-state index in [-0.39, 0.29) is 0 Å². The summed E-state index contributed by atoms with van der Waals surface area (Å²) in [5.41, 5.74) is 0. The van der Waals surface area contributed by atoms with Gasteiger partial charge in [-0.2, -0.15) is 5.10 Å². The summed E-state index contributed by atoms with van der Waals surface area (Å²) >= 11 is 0. The van der Waals surface area contributed by atoms with Gasteiger partial charge in [-0.15, -0.1) is 0 Å². The van der Waals surface area contributed by atoms with Crippen molar-refractivity contribution in [1.82, 2.24) is 20.1 Å². The second-order valence-electron chi connectivity index (χ2n) is 5.94. The van der Waals surface area contributed by atoms with E-state index in [0.29, 0.717) is 23.9 Å². The summed E-state index contributed by atoms with van der Waals surface area (Å²) in [6.45, 7) is 14.3. The van der Waals surface area contributed by atoms with E-state index in [0.717, 1.165) is 18.8 Å². The molecule has 1 rings (SSSR count). The number of nitrogens with one attached hydrogen (secondary N) is 1. The first-order chi connectivity index (χ1) is 8.41. The molecule has 18 heavy (non-hydrogen) atoms. The van der Waals surface area contributed by atoms with Crippen LogP contribution in [-0.4, -0.2) is 27.4 Å². The first kappa shape index (κ1) is 15.2. The number of nitrogens with zero attached hydrogens (tertiary/aromatic N) is 3. The van der Waals surface area contributed by atoms with Crippen LogP contribution in [0, 0.1) is 11.8 Å². The maximum atomic E-state index is 4.39. The summed E-state index contributed by atoms with van der Waals surface area (Å²) in [5, 5.41) is 7.79. The quantitative estimate of drug-likeness (QED) is 0.811. The van der Waals surface area contributed by atoms with Crippen LogP contribution < -0.4 is 5.32 Å². The second-order valence-corrected chi connectivity index (χ2v) is 5.94. The lowest BCUT2D eigenvalue weighted by atomic mass is 9.92. The van der Waals surface area contributed by atoms with Gasteiger partial charge in [0.1, 0.15) is 12.2 Å². The fourth-order valence-corrected chi connectivity index (χ4v) is 1.96. The molecule has 104 valence electrons. The van der Waals surface area contributed by atoms with Gasteiger partial charge in [0.15, 0.2) is 0 Å². The van der Waals surface area contributed by atoms with Gasteiger partial charge in [-0.05, 0) is 32.2 Å². The summed E-state index contributed by atoms with van der Waals surface area (Å²) in [6.07, 6.45) is 2.66. The molecule has 4 nitrogen and oxygen atoms in total. The Labute approximate surface area is 111 Å². The van der Waals surface area contributed by atoms with E-state index in [1.807, 2.05) is 4.68 Å². The molecule has 0 aromatic carbocycles. The van der Waals surface area contributed by atoms with Crippen molar-refractivity contribution < 1.29 is 0 Å². The van der Waals surface area contributed by atoms with E-state index < -0.39 is 0 Å². The third-order valence-corrected chi connectivity index (χ3v) is 3.46. The highest BCUT2D eigenvalue weighted by Gasteiger charge is 2.17. The molecule has 1 N–H and O–H groups in total. The van der Waals surface area contributed by atoms with Gasteiger partial charge < -0.3 is 5.32 Å². The topological polar surface area (TPSA) is 42.7 Å². The summed E-state index contributed by atoms with van der Waals surface area (Å²) in [7, 11) is 0. The molecule has 0 spiro atoms. The predicted octanol–water partition coefficient (Wildman–Crippen LogP) is 2.67. The highest BCUT2D eigenvalue weighted by atomic mass is 15.3. The number of hydrogen-bond donors (Lipinski definition) is 1. The Kier molecular flexibility index (Phi) is 5.79. The van der Waals surface area contributed by atoms with Crippen LogP contribution in [0.3, 0.4) is 0 Å². The van der Waals surface area contributed by atoms with E-state index in [9.17, 15) is 0 Å². The monoisotopic (exact) mass is 252 g/mol. The van der Waals surface area contributed by atoms with Crippen molar-refractivity contribution in [3.8, 4) is 0 Å². The van der Waals surface area contributed by atoms with Crippen LogP contribution in [0.2, 0.25) is 0 Å². The molecular formula is C14H28N4. The number of aromatic nitrogens is 3. The summed E-state index contributed by atoms with van der Waals surface area (Å²) in [6, 6.07) is 0.942. The van der Waals surface area contributed by atoms with Crippen LogP contribution in [0.4, 0.5) is 0 Å². The third kappa shape index (κ3) is 4.41. The van der Waals surface area contributed by atoms with Gasteiger partial charge in [-0.1, -0.05) is 27.7 Å². The number of hydrogen-bond acceptors (Lipinski definition) is 3. The lowest BCUT2D eigenvalue weighted by Gasteiger charge is -2.22. The molecule has 1 aromatic heterocycles. The van der Waals surface area contributed by atoms with Crippen LogP contribution in [0.15, 0.2) is 6.33 Å². The molecule has 0 aliphatic heterocycles. The Balaban J connectivity index is 2.52. The normalized spacial score (nSPS) is 15.3. The van der Waals surface area contributed by atoms with E-state index >= 15 is 0 Å². The molecule has 0 bridgehead atoms. The van der Waals surface area contributed by atoms with Crippen molar-refractivity contribution in [2.75, 3.05) is 6.54 Å². The SMILES string of the molecule is CC(C)NCC(C)C(C)Cc1ncnn1C(C)C. The van der Waals surface area contributed by atoms with E-state index in [1.54, 1.807) is 6.33 Å². The molecule has 2 unspecified atom stereocenters. The molecule has 2 atom stereocenters. The lowest BCUT2D eigenvalue weighted by Crippen LogP contribution is -2.31. The van der Waals surface area contributed by atoms with Gasteiger partial charge in [-0.3, -0.25) is 0 Å². The maximum Gasteiger partial charge on any atom is 0.138 e. The average Bonchev–Trinajstić information content (AvgIpc) is 2.73. The van der Waals surface area contributed by atoms with Crippen molar-refractivity contribution in [3.63, 3.8) is 0 Å². The predicted molar refractivity (Wildman–Crippen MR) is 75.6 cm³/mol. The van der Waals surface area contributed by atoms with Gasteiger partial charge in [0, 0.05) is 18.5 Å². The van der Waals surface area contributed by atoms with Gasteiger partial charge in [0.2, 0.25) is 0 Å². The zero-order valence-corrected chi connectivity index (χ0v) is 12.6. The van der Waals surface area contributed by atoms with E-state index in [1.165, 1.54) is 0 Å². The van der Waals surface area contributed by atoms with Gasteiger partial charge in [-0.25, -0.2) is 9.67 Å². The molecule has 1 aromatic rings. The Bertz CT molecular complexity index is 343. The van der Waals surface area contributed by atoms with Gasteiger partial charge >= 0.3 is 0 Å². The first-order valence-corrected chi connectivity index (χ1v) is 7.03. The summed E-state index contributed by atoms with van der Waals surface area (Å²) in [5.74, 6) is 2.36. The minimum atomic E-state index is 0.388. The molecule has 0 amide bonds. The highest BCUT2D eigenvalue weighted by Crippen LogP contribution is 2.17. The van der Waals surface area contributed by atoms with Crippen molar-refractivity contribution in [2.45, 2.75) is 60.0 Å². The molecule has 0 fully saturated rings. The fourth-order valence-electron chi connectivity index (χ4n) is 1.96. The smallest absolute Gasteiger partial charge is 0.138 e. The van der Waals surface area contributed by atoms with Crippen LogP contribution in [0.1, 0.15) is 53.4 Å². The van der Waals surface area contributed by atoms with Crippen molar-refractivity contribution in [3.05, 3.63) is 12.2 Å². The Morgan fingerprint density at radius 1 is 1.11 bits per heavy atom. The standard InChI is InChI=1S/C14H28N4/c1-10(2)15-8-13(6)12(5)7-14-16-9-17-18(14)11(3)4/h9-13,15H,7-8H2,1-6H3. The summed E-state index contributed by atoms with van der Waals surface area (Å²) < 4.78 is 2.03. The Morgan fingerprint density at radius 2 is 1.78 bits per heavy atom. The average molecular weight is 252 g/mol. The second kappa shape index (κ2) is 6.88. The lowest BCUT2D eigenvalue weighted by molar-refractivity contribution is 0.341. The molecule has 1 heterocycles. The highest BCUT2D eigenvalue weighted by molar-refractivity contribution is 4.89. The third-order valence-electron chi connectivity index (χ3n) is 3.46. The van der Waals surface area contributed by atoms with Gasteiger partial charge in [0.25, 0.3) is 0 Å². The van der Waals surface area contributed by atoms with Crippen LogP contribution in [0.25, 0.3) is 0 Å². The van der Waals surface area contributed by atoms with Crippen molar-refractivity contribution >= 4 is 0 Å². The van der Waals surface area contributed by atoms with Gasteiger partial charge in [0.05, 0.1) is 0 Å². The molecule has 0 saturated carbocycles. The zero-order valence-electron chi connectivity index (χ0n) is 12.6. The van der Waals surface area contributed by atoms with Crippen LogP contribution >= 0.6 is 0 Å². The molecule has 0 saturated heterocycles. The maximum absolute atomic E-state index is 4.39. The molecule has 0 aliphatic rings. The van der Waals surface area contributed by atoms with Crippen molar-refractivity contribution in [2.24, 2.45) is 11.8 Å². The minimum absolute atomic E-state index is 0.388. The molecule has 0 aliphatic carbocycles. The largest absolute Gasteiger partial charge is 0.314 e. The van der Waals surface area contributed by atoms with E-state index in [2.05, 4.69) is 56.9 Å². The molecule has 4 heteroatoms.